The number of urea groups is 2. The number of sulfonamides is 2. The summed E-state index contributed by atoms with van der Waals surface area (Å²) in [6, 6.07) is 20.2. The smallest absolute Gasteiger partial charge is 0.314 e. The van der Waals surface area contributed by atoms with Crippen molar-refractivity contribution in [2.24, 2.45) is 0 Å². The Balaban J connectivity index is 0.521. The van der Waals surface area contributed by atoms with Gasteiger partial charge in [0.05, 0.1) is 48.3 Å². The quantitative estimate of drug-likeness (QED) is 0.0300. The first-order valence-electron chi connectivity index (χ1n) is 31.5. The molecule has 2 aliphatic carbocycles. The lowest BCUT2D eigenvalue weighted by atomic mass is 10.1. The molecule has 90 heavy (non-hydrogen) atoms. The lowest BCUT2D eigenvalue weighted by Crippen LogP contribution is -2.54. The van der Waals surface area contributed by atoms with Crippen molar-refractivity contribution in [1.82, 2.24) is 60.9 Å². The SMILES string of the molecule is C[C@@H]1CN([C@H]2Cc3c(Cl)cc(Cl)cc3[C@@H]2Oc2ccc(S(=O)(=O)N[C@H]3CCN(CCOCCNC(=O)NCCCCNC(=O)NCCOCCN4CC[C@H](NS(=O)(=O)c5ccc(O[C@H]6c7cc(Cl)cc(Cl)c7C[C@@H]6N6CCN[C@H](C)C6)cc5)C4)C3)cc2)CCN1. The van der Waals surface area contributed by atoms with Gasteiger partial charge in [-0.1, -0.05) is 46.4 Å². The summed E-state index contributed by atoms with van der Waals surface area (Å²) in [6.07, 6.45) is 3.52. The predicted molar refractivity (Wildman–Crippen MR) is 350 cm³/mol. The molecule has 494 valence electrons. The molecule has 4 amide bonds. The Morgan fingerprint density at radius 2 is 0.933 bits per heavy atom. The molecule has 4 aromatic carbocycles. The standard InChI is InChI=1S/C62H86Cl4N12O10S2/c1-41-37-77(23-17-67-41)57-35-51-53(31-43(63)33-55(51)65)59(57)87-47-5-9-49(10-6-47)89(81,82)73-45-13-21-75(39-45)25-29-85-27-19-71-61(79)69-15-3-4-16-70-62(80)72-20-28-86-30-26-76-22-14-46(40-76)74-90(83,84)50-11-7-48(8-12-50)88-60-54-32-44(64)34-56(66)52(54)36-58(60)78-24-18-68-42(2)38-78/h5-12,31-34,41-42,45-46,57-60,67-68,73-74H,3-4,13-30,35-40H2,1-2H3,(H2,69,71,79)(H2,70,72,80)/t41-,42-,45+,46+,57+,58+,59+,60+/m1/s1. The molecule has 4 heterocycles. The predicted octanol–water partition coefficient (Wildman–Crippen LogP) is 5.79. The molecule has 0 radical (unpaired) electrons. The molecule has 0 aromatic heterocycles. The summed E-state index contributed by atoms with van der Waals surface area (Å²) in [6.45, 7) is 16.5. The van der Waals surface area contributed by atoms with Gasteiger partial charge in [-0.2, -0.15) is 0 Å². The van der Waals surface area contributed by atoms with Crippen molar-refractivity contribution in [3.05, 3.63) is 115 Å². The fraction of sp³-hybridized carbons (Fsp3) is 0.581. The Labute approximate surface area is 549 Å². The van der Waals surface area contributed by atoms with Crippen molar-refractivity contribution in [2.75, 3.05) is 131 Å². The van der Waals surface area contributed by atoms with Gasteiger partial charge in [0.25, 0.3) is 0 Å². The number of fused-ring (bicyclic) bond motifs is 2. The van der Waals surface area contributed by atoms with Gasteiger partial charge >= 0.3 is 12.1 Å². The summed E-state index contributed by atoms with van der Waals surface area (Å²) in [5.41, 5.74) is 3.98. The molecule has 4 aliphatic heterocycles. The molecule has 4 aromatic rings. The van der Waals surface area contributed by atoms with E-state index in [0.717, 1.165) is 87.5 Å². The van der Waals surface area contributed by atoms with Crippen LogP contribution in [0.15, 0.2) is 82.6 Å². The van der Waals surface area contributed by atoms with E-state index in [-0.39, 0.29) is 58.2 Å². The highest BCUT2D eigenvalue weighted by Crippen LogP contribution is 2.45. The number of ether oxygens (including phenoxy) is 4. The summed E-state index contributed by atoms with van der Waals surface area (Å²) in [5.74, 6) is 1.12. The number of rotatable bonds is 29. The maximum atomic E-state index is 13.5. The van der Waals surface area contributed by atoms with Crippen LogP contribution in [0.2, 0.25) is 20.1 Å². The summed E-state index contributed by atoms with van der Waals surface area (Å²) in [5, 5.41) is 20.6. The molecule has 10 rings (SSSR count). The number of hydrogen-bond donors (Lipinski definition) is 8. The number of nitrogens with zero attached hydrogens (tertiary/aromatic N) is 4. The van der Waals surface area contributed by atoms with Gasteiger partial charge in [-0.05, 0) is 149 Å². The van der Waals surface area contributed by atoms with Crippen LogP contribution in [0.3, 0.4) is 0 Å². The van der Waals surface area contributed by atoms with Gasteiger partial charge in [0.15, 0.2) is 0 Å². The lowest BCUT2D eigenvalue weighted by molar-refractivity contribution is 0.0594. The van der Waals surface area contributed by atoms with E-state index in [1.165, 1.54) is 0 Å². The Kier molecular flexibility index (Phi) is 24.5. The van der Waals surface area contributed by atoms with Crippen molar-refractivity contribution in [3.8, 4) is 11.5 Å². The highest BCUT2D eigenvalue weighted by atomic mass is 35.5. The molecular weight excluding hydrogens is 1280 g/mol. The Bertz CT molecular complexity index is 3080. The van der Waals surface area contributed by atoms with Gasteiger partial charge in [0.1, 0.15) is 23.7 Å². The zero-order chi connectivity index (χ0) is 63.4. The molecule has 4 fully saturated rings. The van der Waals surface area contributed by atoms with Crippen LogP contribution in [-0.4, -0.2) is 216 Å². The van der Waals surface area contributed by atoms with Gasteiger partial charge in [-0.25, -0.2) is 35.9 Å². The fourth-order valence-electron chi connectivity index (χ4n) is 13.1. The maximum Gasteiger partial charge on any atom is 0.314 e. The van der Waals surface area contributed by atoms with Crippen LogP contribution in [-0.2, 0) is 42.4 Å². The Morgan fingerprint density at radius 1 is 0.533 bits per heavy atom. The summed E-state index contributed by atoms with van der Waals surface area (Å²) >= 11 is 26.3. The molecule has 4 saturated heterocycles. The number of piperazine rings is 2. The van der Waals surface area contributed by atoms with Crippen molar-refractivity contribution in [1.29, 1.82) is 0 Å². The molecule has 8 atom stereocenters. The van der Waals surface area contributed by atoms with Crippen LogP contribution in [0.25, 0.3) is 0 Å². The fourth-order valence-corrected chi connectivity index (χ4v) is 16.8. The van der Waals surface area contributed by atoms with Crippen LogP contribution in [0.1, 0.15) is 74.0 Å². The summed E-state index contributed by atoms with van der Waals surface area (Å²) < 4.78 is 84.5. The van der Waals surface area contributed by atoms with E-state index in [4.69, 9.17) is 65.4 Å². The second kappa shape index (κ2) is 32.2. The van der Waals surface area contributed by atoms with E-state index < -0.39 is 20.0 Å². The second-order valence-corrected chi connectivity index (χ2v) is 29.4. The Morgan fingerprint density at radius 3 is 1.33 bits per heavy atom. The third kappa shape index (κ3) is 18.7. The van der Waals surface area contributed by atoms with E-state index in [9.17, 15) is 26.4 Å². The van der Waals surface area contributed by atoms with Crippen LogP contribution in [0.4, 0.5) is 9.59 Å². The maximum absolute atomic E-state index is 13.5. The minimum absolute atomic E-state index is 0.0557. The second-order valence-electron chi connectivity index (χ2n) is 24.3. The normalized spacial score (nSPS) is 24.2. The van der Waals surface area contributed by atoms with Gasteiger partial charge in [0, 0.05) is 147 Å². The minimum atomic E-state index is -3.79. The summed E-state index contributed by atoms with van der Waals surface area (Å²) in [4.78, 5) is 34.2. The monoisotopic (exact) mass is 1360 g/mol. The largest absolute Gasteiger partial charge is 0.484 e. The topological polar surface area (TPSA) is 249 Å². The first kappa shape index (κ1) is 68.5. The number of carbonyl (C=O) groups is 2. The number of nitrogens with one attached hydrogen (secondary N) is 8. The number of carbonyl (C=O) groups excluding carboxylic acids is 2. The highest BCUT2D eigenvalue weighted by Gasteiger charge is 2.43. The van der Waals surface area contributed by atoms with Crippen molar-refractivity contribution in [3.63, 3.8) is 0 Å². The van der Waals surface area contributed by atoms with E-state index in [2.05, 4.69) is 74.8 Å². The molecule has 8 N–H and O–H groups in total. The van der Waals surface area contributed by atoms with Gasteiger partial charge < -0.3 is 50.8 Å². The number of halogens is 4. The first-order chi connectivity index (χ1) is 43.3. The van der Waals surface area contributed by atoms with Gasteiger partial charge in [-0.15, -0.1) is 0 Å². The number of likely N-dealkylation sites (tertiary alicyclic amines) is 2. The zero-order valence-electron chi connectivity index (χ0n) is 51.1. The molecule has 6 aliphatic rings. The summed E-state index contributed by atoms with van der Waals surface area (Å²) in [7, 11) is -7.57. The van der Waals surface area contributed by atoms with Crippen molar-refractivity contribution < 1.29 is 45.4 Å². The number of amides is 4. The van der Waals surface area contributed by atoms with Crippen LogP contribution in [0, 0.1) is 0 Å². The number of unbranched alkanes of at least 4 members (excludes halogenated alkanes) is 1. The Hall–Kier alpha value is -4.32. The van der Waals surface area contributed by atoms with Gasteiger partial charge in [0.2, 0.25) is 20.0 Å². The minimum Gasteiger partial charge on any atom is -0.484 e. The molecule has 0 spiro atoms. The van der Waals surface area contributed by atoms with Crippen molar-refractivity contribution >= 4 is 78.5 Å². The molecule has 28 heteroatoms. The molecular formula is C62H86Cl4N12O10S2. The average Bonchev–Trinajstić information content (AvgIpc) is 1.63. The zero-order valence-corrected chi connectivity index (χ0v) is 55.8. The molecule has 0 unspecified atom stereocenters. The van der Waals surface area contributed by atoms with E-state index in [1.54, 1.807) is 60.7 Å². The molecule has 0 saturated carbocycles. The van der Waals surface area contributed by atoms with E-state index >= 15 is 0 Å². The molecule has 0 bridgehead atoms. The van der Waals surface area contributed by atoms with Crippen LogP contribution in [0.5, 0.6) is 11.5 Å². The highest BCUT2D eigenvalue weighted by molar-refractivity contribution is 7.89. The van der Waals surface area contributed by atoms with E-state index in [1.807, 2.05) is 12.1 Å². The molecule has 22 nitrogen and oxygen atoms in total. The lowest BCUT2D eigenvalue weighted by Gasteiger charge is -2.38. The van der Waals surface area contributed by atoms with Crippen LogP contribution >= 0.6 is 46.4 Å². The van der Waals surface area contributed by atoms with Crippen LogP contribution < -0.4 is 50.8 Å². The average molecular weight is 1370 g/mol. The van der Waals surface area contributed by atoms with Crippen molar-refractivity contribution in [2.45, 2.75) is 111 Å². The number of hydrogen-bond acceptors (Lipinski definition) is 16. The third-order valence-electron chi connectivity index (χ3n) is 17.6. The van der Waals surface area contributed by atoms with Gasteiger partial charge in [-0.3, -0.25) is 19.6 Å². The number of benzene rings is 4. The van der Waals surface area contributed by atoms with E-state index in [0.29, 0.717) is 148 Å². The third-order valence-corrected chi connectivity index (χ3v) is 21.8. The first-order valence-corrected chi connectivity index (χ1v) is 35.9.